The van der Waals surface area contributed by atoms with E-state index in [4.69, 9.17) is 0 Å². The quantitative estimate of drug-likeness (QED) is 0.629. The van der Waals surface area contributed by atoms with Crippen LogP contribution in [0.4, 0.5) is 10.5 Å². The molecule has 1 aromatic heterocycles. The van der Waals surface area contributed by atoms with Crippen LogP contribution in [0.5, 0.6) is 0 Å². The van der Waals surface area contributed by atoms with Crippen LogP contribution in [-0.4, -0.2) is 107 Å². The number of benzene rings is 1. The minimum Gasteiger partial charge on any atom is -0.390 e. The molecule has 1 atom stereocenters. The van der Waals surface area contributed by atoms with Crippen molar-refractivity contribution in [2.75, 3.05) is 63.8 Å². The number of carbonyl (C=O) groups is 2. The number of piperazine rings is 1. The Balaban J connectivity index is 1.08. The molecule has 1 aromatic carbocycles. The summed E-state index contributed by atoms with van der Waals surface area (Å²) in [7, 11) is 0. The maximum atomic E-state index is 13.0. The molecule has 36 heavy (non-hydrogen) atoms. The molecule has 2 aromatic rings. The number of rotatable bonds is 7. The Hall–Kier alpha value is -3.17. The largest absolute Gasteiger partial charge is 0.390 e. The van der Waals surface area contributed by atoms with E-state index in [-0.39, 0.29) is 11.9 Å². The summed E-state index contributed by atoms with van der Waals surface area (Å²) in [6.07, 6.45) is 2.29. The lowest BCUT2D eigenvalue weighted by Crippen LogP contribution is -2.48. The molecular formula is C27H36N6O3. The molecule has 192 valence electrons. The number of aliphatic hydroxyl groups is 1. The predicted molar refractivity (Wildman–Crippen MR) is 138 cm³/mol. The SMILES string of the molecule is CC(=O)N1CCN(c2ccc(CN3CCN(CC(O)CN4CCc5ccccc5C4)C3=O)nc2)CC1. The number of aliphatic hydroxyl groups excluding tert-OH is 1. The van der Waals surface area contributed by atoms with Gasteiger partial charge >= 0.3 is 6.03 Å². The van der Waals surface area contributed by atoms with E-state index in [9.17, 15) is 14.7 Å². The summed E-state index contributed by atoms with van der Waals surface area (Å²) < 4.78 is 0. The zero-order valence-electron chi connectivity index (χ0n) is 21.1. The Morgan fingerprint density at radius 3 is 2.42 bits per heavy atom. The Bertz CT molecular complexity index is 1070. The lowest BCUT2D eigenvalue weighted by atomic mass is 10.00. The molecule has 0 spiro atoms. The van der Waals surface area contributed by atoms with Gasteiger partial charge in [0, 0.05) is 72.4 Å². The normalized spacial score (nSPS) is 19.6. The molecule has 0 saturated carbocycles. The van der Waals surface area contributed by atoms with Crippen LogP contribution in [0, 0.1) is 0 Å². The summed E-state index contributed by atoms with van der Waals surface area (Å²) in [6.45, 7) is 9.10. The third-order valence-corrected chi connectivity index (χ3v) is 7.54. The fourth-order valence-corrected chi connectivity index (χ4v) is 5.44. The third kappa shape index (κ3) is 5.63. The molecule has 3 aliphatic heterocycles. The summed E-state index contributed by atoms with van der Waals surface area (Å²) in [5.74, 6) is 0.122. The van der Waals surface area contributed by atoms with E-state index in [0.29, 0.717) is 32.7 Å². The summed E-state index contributed by atoms with van der Waals surface area (Å²) in [6, 6.07) is 12.5. The van der Waals surface area contributed by atoms with Crippen molar-refractivity contribution in [1.29, 1.82) is 0 Å². The predicted octanol–water partition coefficient (Wildman–Crippen LogP) is 1.41. The van der Waals surface area contributed by atoms with Crippen molar-refractivity contribution >= 4 is 17.6 Å². The van der Waals surface area contributed by atoms with Gasteiger partial charge in [-0.25, -0.2) is 4.79 Å². The highest BCUT2D eigenvalue weighted by molar-refractivity contribution is 5.76. The Morgan fingerprint density at radius 1 is 0.944 bits per heavy atom. The van der Waals surface area contributed by atoms with Crippen LogP contribution in [0.25, 0.3) is 0 Å². The number of β-amino-alcohol motifs (C(OH)–C–C–N with tert-alkyl or cyclic N) is 1. The lowest BCUT2D eigenvalue weighted by molar-refractivity contribution is -0.129. The van der Waals surface area contributed by atoms with Crippen LogP contribution in [0.3, 0.4) is 0 Å². The fraction of sp³-hybridized carbons (Fsp3) is 0.519. The van der Waals surface area contributed by atoms with Gasteiger partial charge in [-0.05, 0) is 29.7 Å². The summed E-state index contributed by atoms with van der Waals surface area (Å²) in [5.41, 5.74) is 4.62. The van der Waals surface area contributed by atoms with Gasteiger partial charge in [-0.1, -0.05) is 24.3 Å². The van der Waals surface area contributed by atoms with Gasteiger partial charge in [-0.2, -0.15) is 0 Å². The van der Waals surface area contributed by atoms with Crippen LogP contribution in [0.1, 0.15) is 23.7 Å². The van der Waals surface area contributed by atoms with Gasteiger partial charge < -0.3 is 24.7 Å². The van der Waals surface area contributed by atoms with Gasteiger partial charge in [0.25, 0.3) is 0 Å². The van der Waals surface area contributed by atoms with E-state index < -0.39 is 6.10 Å². The molecule has 0 aliphatic carbocycles. The molecule has 5 rings (SSSR count). The van der Waals surface area contributed by atoms with E-state index >= 15 is 0 Å². The first-order valence-electron chi connectivity index (χ1n) is 12.9. The van der Waals surface area contributed by atoms with E-state index in [2.05, 4.69) is 39.0 Å². The van der Waals surface area contributed by atoms with E-state index in [0.717, 1.165) is 57.1 Å². The maximum absolute atomic E-state index is 13.0. The van der Waals surface area contributed by atoms with Gasteiger partial charge in [0.2, 0.25) is 5.91 Å². The minimum atomic E-state index is -0.569. The van der Waals surface area contributed by atoms with E-state index in [1.807, 2.05) is 23.2 Å². The Labute approximate surface area is 212 Å². The number of urea groups is 1. The molecule has 1 N–H and O–H groups in total. The first kappa shape index (κ1) is 24.5. The first-order valence-corrected chi connectivity index (χ1v) is 12.9. The van der Waals surface area contributed by atoms with Gasteiger partial charge in [-0.3, -0.25) is 14.7 Å². The van der Waals surface area contributed by atoms with Crippen molar-refractivity contribution in [2.45, 2.75) is 32.5 Å². The molecule has 2 saturated heterocycles. The summed E-state index contributed by atoms with van der Waals surface area (Å²) >= 11 is 0. The highest BCUT2D eigenvalue weighted by atomic mass is 16.3. The lowest BCUT2D eigenvalue weighted by Gasteiger charge is -2.35. The number of hydrogen-bond donors (Lipinski definition) is 1. The minimum absolute atomic E-state index is 0.0377. The molecule has 9 heteroatoms. The molecule has 3 aliphatic rings. The Morgan fingerprint density at radius 2 is 1.69 bits per heavy atom. The topological polar surface area (TPSA) is 83.5 Å². The van der Waals surface area contributed by atoms with Crippen LogP contribution in [0.2, 0.25) is 0 Å². The second-order valence-corrected chi connectivity index (χ2v) is 10.1. The molecule has 0 bridgehead atoms. The number of amides is 3. The van der Waals surface area contributed by atoms with Crippen molar-refractivity contribution in [3.63, 3.8) is 0 Å². The summed E-state index contributed by atoms with van der Waals surface area (Å²) in [4.78, 5) is 39.0. The number of hydrogen-bond acceptors (Lipinski definition) is 6. The van der Waals surface area contributed by atoms with Gasteiger partial charge in [0.1, 0.15) is 0 Å². The average Bonchev–Trinajstić information content (AvgIpc) is 3.22. The molecule has 3 amide bonds. The number of aromatic nitrogens is 1. The van der Waals surface area contributed by atoms with Gasteiger partial charge in [-0.15, -0.1) is 0 Å². The number of nitrogens with zero attached hydrogens (tertiary/aromatic N) is 6. The zero-order valence-corrected chi connectivity index (χ0v) is 21.1. The van der Waals surface area contributed by atoms with Crippen molar-refractivity contribution in [3.05, 3.63) is 59.4 Å². The molecular weight excluding hydrogens is 456 g/mol. The van der Waals surface area contributed by atoms with E-state index in [1.54, 1.807) is 16.7 Å². The number of anilines is 1. The molecule has 4 heterocycles. The van der Waals surface area contributed by atoms with Gasteiger partial charge in [0.15, 0.2) is 0 Å². The average molecular weight is 493 g/mol. The first-order chi connectivity index (χ1) is 17.5. The number of carbonyl (C=O) groups excluding carboxylic acids is 2. The van der Waals surface area contributed by atoms with Gasteiger partial charge in [0.05, 0.1) is 30.2 Å². The zero-order chi connectivity index (χ0) is 25.1. The highest BCUT2D eigenvalue weighted by Gasteiger charge is 2.31. The van der Waals surface area contributed by atoms with Crippen molar-refractivity contribution in [1.82, 2.24) is 24.6 Å². The smallest absolute Gasteiger partial charge is 0.320 e. The molecule has 0 radical (unpaired) electrons. The van der Waals surface area contributed by atoms with E-state index in [1.165, 1.54) is 11.1 Å². The van der Waals surface area contributed by atoms with Crippen LogP contribution in [-0.2, 0) is 24.3 Å². The summed E-state index contributed by atoms with van der Waals surface area (Å²) in [5, 5.41) is 10.7. The van der Waals surface area contributed by atoms with Crippen LogP contribution >= 0.6 is 0 Å². The molecule has 9 nitrogen and oxygen atoms in total. The third-order valence-electron chi connectivity index (χ3n) is 7.54. The van der Waals surface area contributed by atoms with Crippen molar-refractivity contribution in [3.8, 4) is 0 Å². The van der Waals surface area contributed by atoms with Crippen molar-refractivity contribution < 1.29 is 14.7 Å². The maximum Gasteiger partial charge on any atom is 0.320 e. The molecule has 1 unspecified atom stereocenters. The van der Waals surface area contributed by atoms with Crippen LogP contribution in [0.15, 0.2) is 42.6 Å². The fourth-order valence-electron chi connectivity index (χ4n) is 5.44. The number of pyridine rings is 1. The van der Waals surface area contributed by atoms with Crippen LogP contribution < -0.4 is 4.90 Å². The number of fused-ring (bicyclic) bond motifs is 1. The monoisotopic (exact) mass is 492 g/mol. The second kappa shape index (κ2) is 10.8. The standard InChI is InChI=1S/C27H36N6O3/c1-21(34)30-10-12-31(13-11-30)25-7-6-24(28-16-25)18-32-14-15-33(27(32)36)20-26(35)19-29-9-8-22-4-2-3-5-23(22)17-29/h2-7,16,26,35H,8-15,17-20H2,1H3. The van der Waals surface area contributed by atoms with Crippen molar-refractivity contribution in [2.24, 2.45) is 0 Å². The molecule has 2 fully saturated rings. The Kier molecular flexibility index (Phi) is 7.38. The second-order valence-electron chi connectivity index (χ2n) is 10.1. The highest BCUT2D eigenvalue weighted by Crippen LogP contribution is 2.20.